The van der Waals surface area contributed by atoms with Gasteiger partial charge in [0.1, 0.15) is 4.99 Å². The van der Waals surface area contributed by atoms with Crippen LogP contribution in [0.3, 0.4) is 0 Å². The number of likely N-dealkylation sites (tertiary alicyclic amines) is 1. The summed E-state index contributed by atoms with van der Waals surface area (Å²) >= 11 is 5.04. The topological polar surface area (TPSA) is 56.1 Å². The zero-order valence-corrected chi connectivity index (χ0v) is 12.9. The van der Waals surface area contributed by atoms with E-state index in [0.29, 0.717) is 13.1 Å². The number of hydrogen-bond donors (Lipinski definition) is 1. The van der Waals surface area contributed by atoms with Crippen LogP contribution in [-0.2, 0) is 11.0 Å². The lowest BCUT2D eigenvalue weighted by Gasteiger charge is -2.20. The van der Waals surface area contributed by atoms with Crippen LogP contribution in [0, 0.1) is 17.2 Å². The van der Waals surface area contributed by atoms with Crippen LogP contribution < -0.4 is 5.32 Å². The third-order valence-corrected chi connectivity index (χ3v) is 3.85. The number of nitrogens with one attached hydrogen (secondary N) is 1. The number of thiocarbonyl (C=S) groups is 1. The molecule has 1 saturated heterocycles. The van der Waals surface area contributed by atoms with Crippen LogP contribution in [0.2, 0.25) is 0 Å². The highest BCUT2D eigenvalue weighted by Gasteiger charge is 2.32. The molecule has 1 aromatic rings. The summed E-state index contributed by atoms with van der Waals surface area (Å²) in [5.41, 5.74) is -0.732. The molecular weight excluding hydrogens is 327 g/mol. The van der Waals surface area contributed by atoms with Gasteiger partial charge in [-0.25, -0.2) is 0 Å². The lowest BCUT2D eigenvalue weighted by atomic mass is 10.1. The fourth-order valence-electron chi connectivity index (χ4n) is 2.33. The second-order valence-corrected chi connectivity index (χ2v) is 5.60. The summed E-state index contributed by atoms with van der Waals surface area (Å²) in [6.45, 7) is 1.15. The van der Waals surface area contributed by atoms with Crippen molar-refractivity contribution in [1.82, 2.24) is 4.90 Å². The Hall–Kier alpha value is -2.14. The number of hydrogen-bond acceptors (Lipinski definition) is 3. The molecule has 0 radical (unpaired) electrons. The molecule has 0 saturated carbocycles. The summed E-state index contributed by atoms with van der Waals surface area (Å²) < 4.78 is 38.1. The molecule has 1 aliphatic rings. The van der Waals surface area contributed by atoms with Crippen LogP contribution in [0.1, 0.15) is 18.4 Å². The lowest BCUT2D eigenvalue weighted by molar-refractivity contribution is -0.137. The highest BCUT2D eigenvalue weighted by Crippen LogP contribution is 2.30. The molecule has 1 heterocycles. The second-order valence-electron chi connectivity index (χ2n) is 5.16. The number of anilines is 1. The molecule has 2 rings (SSSR count). The summed E-state index contributed by atoms with van der Waals surface area (Å²) in [4.78, 5) is 13.7. The van der Waals surface area contributed by atoms with Crippen molar-refractivity contribution in [3.63, 3.8) is 0 Å². The van der Waals surface area contributed by atoms with Crippen molar-refractivity contribution in [2.75, 3.05) is 18.4 Å². The molecular formula is C15H14F3N3OS. The predicted octanol–water partition coefficient (Wildman–Crippen LogP) is 3.21. The predicted molar refractivity (Wildman–Crippen MR) is 82.6 cm³/mol. The highest BCUT2D eigenvalue weighted by atomic mass is 32.1. The fraction of sp³-hybridized carbons (Fsp3) is 0.400. The minimum Gasteiger partial charge on any atom is -0.348 e. The van der Waals surface area contributed by atoms with E-state index in [1.807, 2.05) is 6.07 Å². The van der Waals surface area contributed by atoms with Crippen molar-refractivity contribution >= 4 is 28.8 Å². The van der Waals surface area contributed by atoms with Gasteiger partial charge < -0.3 is 10.2 Å². The Labute approximate surface area is 136 Å². The first-order valence-electron chi connectivity index (χ1n) is 6.99. The Morgan fingerprint density at radius 1 is 1.35 bits per heavy atom. The van der Waals surface area contributed by atoms with Gasteiger partial charge in [-0.15, -0.1) is 0 Å². The third kappa shape index (κ3) is 4.20. The van der Waals surface area contributed by atoms with E-state index in [-0.39, 0.29) is 10.7 Å². The number of rotatable bonds is 3. The van der Waals surface area contributed by atoms with Crippen molar-refractivity contribution in [3.05, 3.63) is 29.8 Å². The first-order valence-corrected chi connectivity index (χ1v) is 7.40. The van der Waals surface area contributed by atoms with Crippen LogP contribution in [0.5, 0.6) is 0 Å². The maximum atomic E-state index is 12.7. The number of halogens is 3. The monoisotopic (exact) mass is 341 g/mol. The molecule has 1 N–H and O–H groups in total. The van der Waals surface area contributed by atoms with Crippen LogP contribution in [-0.4, -0.2) is 28.9 Å². The van der Waals surface area contributed by atoms with E-state index in [2.05, 4.69) is 5.32 Å². The van der Waals surface area contributed by atoms with Gasteiger partial charge in [-0.3, -0.25) is 4.79 Å². The van der Waals surface area contributed by atoms with Gasteiger partial charge in [0.15, 0.2) is 5.92 Å². The van der Waals surface area contributed by atoms with Crippen LogP contribution in [0.25, 0.3) is 0 Å². The van der Waals surface area contributed by atoms with Gasteiger partial charge in [-0.2, -0.15) is 18.4 Å². The van der Waals surface area contributed by atoms with E-state index in [4.69, 9.17) is 12.2 Å². The summed E-state index contributed by atoms with van der Waals surface area (Å²) in [7, 11) is 0. The molecule has 1 unspecified atom stereocenters. The summed E-state index contributed by atoms with van der Waals surface area (Å²) in [5, 5.41) is 11.8. The second kappa shape index (κ2) is 6.96. The molecule has 0 bridgehead atoms. The van der Waals surface area contributed by atoms with Gasteiger partial charge in [0.05, 0.1) is 11.6 Å². The van der Waals surface area contributed by atoms with Crippen molar-refractivity contribution in [2.45, 2.75) is 19.0 Å². The quantitative estimate of drug-likeness (QED) is 0.858. The van der Waals surface area contributed by atoms with E-state index in [9.17, 15) is 23.2 Å². The van der Waals surface area contributed by atoms with Gasteiger partial charge in [-0.05, 0) is 31.0 Å². The van der Waals surface area contributed by atoms with E-state index in [0.717, 1.165) is 25.0 Å². The van der Waals surface area contributed by atoms with E-state index in [1.165, 1.54) is 12.1 Å². The Morgan fingerprint density at radius 2 is 2.00 bits per heavy atom. The molecule has 23 heavy (non-hydrogen) atoms. The average Bonchev–Trinajstić information content (AvgIpc) is 3.01. The molecule has 1 aromatic carbocycles. The molecule has 8 heteroatoms. The van der Waals surface area contributed by atoms with Crippen molar-refractivity contribution in [3.8, 4) is 6.07 Å². The SMILES string of the molecule is N#CC(C(=O)N1CCCC1)C(=S)Nc1cccc(C(F)(F)F)c1. The number of nitriles is 1. The maximum absolute atomic E-state index is 12.7. The number of alkyl halides is 3. The maximum Gasteiger partial charge on any atom is 0.416 e. The first kappa shape index (κ1) is 17.2. The van der Waals surface area contributed by atoms with Gasteiger partial charge in [0.25, 0.3) is 0 Å². The Morgan fingerprint density at radius 3 is 2.57 bits per heavy atom. The van der Waals surface area contributed by atoms with Gasteiger partial charge >= 0.3 is 6.18 Å². The van der Waals surface area contributed by atoms with Crippen molar-refractivity contribution in [1.29, 1.82) is 5.26 Å². The van der Waals surface area contributed by atoms with Gasteiger partial charge in [0.2, 0.25) is 5.91 Å². The first-order chi connectivity index (χ1) is 10.8. The molecule has 1 fully saturated rings. The Kier molecular flexibility index (Phi) is 5.21. The largest absolute Gasteiger partial charge is 0.416 e. The number of carbonyl (C=O) groups is 1. The lowest BCUT2D eigenvalue weighted by Crippen LogP contribution is -2.38. The molecule has 4 nitrogen and oxygen atoms in total. The Bertz CT molecular complexity index is 648. The third-order valence-electron chi connectivity index (χ3n) is 3.51. The zero-order valence-electron chi connectivity index (χ0n) is 12.1. The molecule has 1 amide bonds. The van der Waals surface area contributed by atoms with Crippen molar-refractivity contribution in [2.24, 2.45) is 5.92 Å². The summed E-state index contributed by atoms with van der Waals surface area (Å²) in [6.07, 6.45) is -2.73. The van der Waals surface area contributed by atoms with E-state index < -0.39 is 23.6 Å². The molecule has 0 aliphatic carbocycles. The van der Waals surface area contributed by atoms with Gasteiger partial charge in [0, 0.05) is 18.8 Å². The summed E-state index contributed by atoms with van der Waals surface area (Å²) in [5.74, 6) is -1.60. The smallest absolute Gasteiger partial charge is 0.348 e. The molecule has 1 aliphatic heterocycles. The summed E-state index contributed by atoms with van der Waals surface area (Å²) in [6, 6.07) is 6.28. The number of carbonyl (C=O) groups excluding carboxylic acids is 1. The molecule has 122 valence electrons. The van der Waals surface area contributed by atoms with Crippen LogP contribution in [0.15, 0.2) is 24.3 Å². The van der Waals surface area contributed by atoms with Gasteiger partial charge in [-0.1, -0.05) is 18.3 Å². The van der Waals surface area contributed by atoms with Crippen molar-refractivity contribution < 1.29 is 18.0 Å². The Balaban J connectivity index is 2.11. The molecule has 1 atom stereocenters. The van der Waals surface area contributed by atoms with E-state index >= 15 is 0 Å². The number of amides is 1. The number of nitrogens with zero attached hydrogens (tertiary/aromatic N) is 2. The molecule has 0 spiro atoms. The minimum atomic E-state index is -4.47. The highest BCUT2D eigenvalue weighted by molar-refractivity contribution is 7.80. The normalized spacial score (nSPS) is 15.8. The van der Waals surface area contributed by atoms with E-state index in [1.54, 1.807) is 4.90 Å². The average molecular weight is 341 g/mol. The van der Waals surface area contributed by atoms with Crippen LogP contribution in [0.4, 0.5) is 18.9 Å². The number of benzene rings is 1. The minimum absolute atomic E-state index is 0.0938. The standard InChI is InChI=1S/C15H14F3N3OS/c16-15(17,18)10-4-3-5-11(8-10)20-13(23)12(9-19)14(22)21-6-1-2-7-21/h3-5,8,12H,1-2,6-7H2,(H,20,23). The fourth-order valence-corrected chi connectivity index (χ4v) is 2.61. The van der Waals surface area contributed by atoms with Crippen LogP contribution >= 0.6 is 12.2 Å². The molecule has 0 aromatic heterocycles. The zero-order chi connectivity index (χ0) is 17.0.